The first-order valence-corrected chi connectivity index (χ1v) is 11.9. The van der Waals surface area contributed by atoms with E-state index in [0.717, 1.165) is 12.1 Å². The predicted octanol–water partition coefficient (Wildman–Crippen LogP) is 7.37. The number of Topliss-reactive ketones (excluding diaryl/α,β-unsaturated/α-hetero) is 1. The molecule has 3 aromatic rings. The number of nitrogens with one attached hydrogen (secondary N) is 1. The number of carbonyl (C=O) groups excluding carboxylic acids is 1. The van der Waals surface area contributed by atoms with E-state index in [0.29, 0.717) is 5.56 Å². The highest BCUT2D eigenvalue weighted by Gasteiger charge is 2.58. The van der Waals surface area contributed by atoms with Crippen molar-refractivity contribution in [2.75, 3.05) is 11.9 Å². The number of nitrogens with zero attached hydrogens (tertiary/aromatic N) is 1. The average molecular weight is 576 g/mol. The molecule has 0 spiro atoms. The van der Waals surface area contributed by atoms with Crippen molar-refractivity contribution in [2.24, 2.45) is 0 Å². The molecule has 0 saturated heterocycles. The maximum atomic E-state index is 15.3. The average Bonchev–Trinajstić information content (AvgIpc) is 2.83. The van der Waals surface area contributed by atoms with E-state index in [1.54, 1.807) is 44.2 Å². The largest absolute Gasteiger partial charge is 0.429 e. The molecule has 0 bridgehead atoms. The van der Waals surface area contributed by atoms with Crippen molar-refractivity contribution in [3.8, 4) is 11.3 Å². The van der Waals surface area contributed by atoms with Gasteiger partial charge in [-0.2, -0.15) is 13.2 Å². The summed E-state index contributed by atoms with van der Waals surface area (Å²) in [5.74, 6) is -0.946. The molecule has 0 aliphatic carbocycles. The number of carbonyl (C=O) groups is 1. The molecular formula is C25H21BrClF5N2O. The fourth-order valence-electron chi connectivity index (χ4n) is 3.32. The van der Waals surface area contributed by atoms with Crippen LogP contribution in [0.4, 0.5) is 22.0 Å². The Balaban J connectivity index is 2.08. The van der Waals surface area contributed by atoms with E-state index >= 15 is 4.39 Å². The Bertz CT molecular complexity index is 1220. The summed E-state index contributed by atoms with van der Waals surface area (Å²) in [4.78, 5) is 16.5. The van der Waals surface area contributed by atoms with Gasteiger partial charge >= 0.3 is 6.18 Å². The lowest BCUT2D eigenvalue weighted by Gasteiger charge is -2.31. The van der Waals surface area contributed by atoms with Gasteiger partial charge in [0.15, 0.2) is 5.78 Å². The quantitative estimate of drug-likeness (QED) is 0.173. The summed E-state index contributed by atoms with van der Waals surface area (Å²) in [7, 11) is 0. The summed E-state index contributed by atoms with van der Waals surface area (Å²) in [5, 5.41) is 1.69. The summed E-state index contributed by atoms with van der Waals surface area (Å²) in [6.45, 7) is 3.17. The molecule has 3 nitrogen and oxygen atoms in total. The van der Waals surface area contributed by atoms with Crippen LogP contribution < -0.4 is 5.32 Å². The SMILES string of the molecule is CC(C)(NCC(=O)c1ccccc1)c1cc(-c2ccc(F)c(Cl)c2)nc(C(F)(CBr)C(F)(F)F)c1. The molecule has 1 atom stereocenters. The van der Waals surface area contributed by atoms with E-state index in [-0.39, 0.29) is 34.2 Å². The zero-order chi connectivity index (χ0) is 26.0. The maximum absolute atomic E-state index is 15.3. The first-order valence-electron chi connectivity index (χ1n) is 10.4. The Morgan fingerprint density at radius 3 is 2.26 bits per heavy atom. The van der Waals surface area contributed by atoms with Gasteiger partial charge in [0.1, 0.15) is 5.82 Å². The number of pyridine rings is 1. The highest BCUT2D eigenvalue weighted by Crippen LogP contribution is 2.44. The molecule has 1 heterocycles. The summed E-state index contributed by atoms with van der Waals surface area (Å²) in [6.07, 6.45) is -5.26. The maximum Gasteiger partial charge on any atom is 0.429 e. The van der Waals surface area contributed by atoms with E-state index in [1.807, 2.05) is 0 Å². The molecular weight excluding hydrogens is 555 g/mol. The van der Waals surface area contributed by atoms with Crippen molar-refractivity contribution in [1.29, 1.82) is 0 Å². The molecule has 0 aliphatic rings. The monoisotopic (exact) mass is 574 g/mol. The normalized spacial score (nSPS) is 14.0. The number of aromatic nitrogens is 1. The zero-order valence-corrected chi connectivity index (χ0v) is 21.0. The highest BCUT2D eigenvalue weighted by atomic mass is 79.9. The van der Waals surface area contributed by atoms with Crippen molar-refractivity contribution >= 4 is 33.3 Å². The van der Waals surface area contributed by atoms with Crippen LogP contribution in [0.1, 0.15) is 35.5 Å². The third-order valence-corrected chi connectivity index (χ3v) is 6.65. The van der Waals surface area contributed by atoms with Gasteiger partial charge in [-0.1, -0.05) is 57.9 Å². The lowest BCUT2D eigenvalue weighted by atomic mass is 9.89. The Morgan fingerprint density at radius 2 is 1.69 bits per heavy atom. The molecule has 0 aliphatic heterocycles. The van der Waals surface area contributed by atoms with Gasteiger partial charge < -0.3 is 5.32 Å². The summed E-state index contributed by atoms with van der Waals surface area (Å²) < 4.78 is 70.2. The van der Waals surface area contributed by atoms with Gasteiger partial charge in [-0.05, 0) is 49.7 Å². The number of hydrogen-bond donors (Lipinski definition) is 1. The van der Waals surface area contributed by atoms with Crippen LogP contribution in [0.3, 0.4) is 0 Å². The van der Waals surface area contributed by atoms with Crippen LogP contribution in [0.5, 0.6) is 0 Å². The number of ketones is 1. The van der Waals surface area contributed by atoms with Gasteiger partial charge in [-0.15, -0.1) is 0 Å². The van der Waals surface area contributed by atoms with Gasteiger partial charge in [0, 0.05) is 16.7 Å². The van der Waals surface area contributed by atoms with Crippen molar-refractivity contribution in [1.82, 2.24) is 10.3 Å². The van der Waals surface area contributed by atoms with Crippen molar-refractivity contribution < 1.29 is 26.7 Å². The van der Waals surface area contributed by atoms with Gasteiger partial charge in [0.05, 0.1) is 28.3 Å². The van der Waals surface area contributed by atoms with Crippen LogP contribution in [0.25, 0.3) is 11.3 Å². The van der Waals surface area contributed by atoms with Crippen LogP contribution in [0, 0.1) is 5.82 Å². The lowest BCUT2D eigenvalue weighted by Crippen LogP contribution is -2.42. The summed E-state index contributed by atoms with van der Waals surface area (Å²) >= 11 is 8.48. The number of hydrogen-bond acceptors (Lipinski definition) is 3. The van der Waals surface area contributed by atoms with Crippen molar-refractivity contribution in [3.05, 3.63) is 88.3 Å². The first kappa shape index (κ1) is 27.2. The van der Waals surface area contributed by atoms with E-state index < -0.39 is 34.2 Å². The summed E-state index contributed by atoms with van der Waals surface area (Å²) in [6, 6.07) is 14.5. The fraction of sp³-hybridized carbons (Fsp3) is 0.280. The minimum Gasteiger partial charge on any atom is -0.301 e. The Hall–Kier alpha value is -2.36. The minimum absolute atomic E-state index is 0.0316. The second kappa shape index (κ2) is 10.3. The molecule has 1 N–H and O–H groups in total. The topological polar surface area (TPSA) is 42.0 Å². The molecule has 1 unspecified atom stereocenters. The van der Waals surface area contributed by atoms with E-state index in [2.05, 4.69) is 26.2 Å². The van der Waals surface area contributed by atoms with Crippen LogP contribution in [-0.4, -0.2) is 28.8 Å². The first-order chi connectivity index (χ1) is 16.3. The van der Waals surface area contributed by atoms with Crippen LogP contribution in [-0.2, 0) is 11.2 Å². The Kier molecular flexibility index (Phi) is 8.03. The second-order valence-electron chi connectivity index (χ2n) is 8.46. The summed E-state index contributed by atoms with van der Waals surface area (Å²) in [5.41, 5.74) is -4.86. The van der Waals surface area contributed by atoms with E-state index in [4.69, 9.17) is 11.6 Å². The fourth-order valence-corrected chi connectivity index (χ4v) is 4.10. The van der Waals surface area contributed by atoms with E-state index in [9.17, 15) is 22.4 Å². The molecule has 3 rings (SSSR count). The number of alkyl halides is 5. The number of benzene rings is 2. The van der Waals surface area contributed by atoms with Gasteiger partial charge in [0.25, 0.3) is 5.67 Å². The smallest absolute Gasteiger partial charge is 0.301 e. The van der Waals surface area contributed by atoms with Gasteiger partial charge in [-0.3, -0.25) is 4.79 Å². The Labute approximate surface area is 212 Å². The molecule has 0 amide bonds. The molecule has 2 aromatic carbocycles. The van der Waals surface area contributed by atoms with Crippen LogP contribution in [0.15, 0.2) is 60.7 Å². The lowest BCUT2D eigenvalue weighted by molar-refractivity contribution is -0.227. The minimum atomic E-state index is -5.26. The Morgan fingerprint density at radius 1 is 1.03 bits per heavy atom. The molecule has 0 saturated carbocycles. The predicted molar refractivity (Wildman–Crippen MR) is 129 cm³/mol. The number of rotatable bonds is 8. The molecule has 0 fully saturated rings. The van der Waals surface area contributed by atoms with Crippen LogP contribution >= 0.6 is 27.5 Å². The molecule has 0 radical (unpaired) electrons. The van der Waals surface area contributed by atoms with E-state index in [1.165, 1.54) is 18.2 Å². The van der Waals surface area contributed by atoms with Gasteiger partial charge in [-0.25, -0.2) is 13.8 Å². The molecule has 186 valence electrons. The third-order valence-electron chi connectivity index (χ3n) is 5.59. The molecule has 10 heteroatoms. The second-order valence-corrected chi connectivity index (χ2v) is 9.42. The van der Waals surface area contributed by atoms with Crippen LogP contribution in [0.2, 0.25) is 5.02 Å². The van der Waals surface area contributed by atoms with Crippen molar-refractivity contribution in [2.45, 2.75) is 31.2 Å². The third kappa shape index (κ3) is 5.90. The highest BCUT2D eigenvalue weighted by molar-refractivity contribution is 9.09. The van der Waals surface area contributed by atoms with Gasteiger partial charge in [0.2, 0.25) is 0 Å². The zero-order valence-electron chi connectivity index (χ0n) is 18.7. The van der Waals surface area contributed by atoms with Crippen molar-refractivity contribution in [3.63, 3.8) is 0 Å². The standard InChI is InChI=1S/C25H21BrClF5N2O/c1-23(2,33-13-21(35)15-6-4-3-5-7-15)17-11-20(16-8-9-19(28)18(27)10-16)34-22(12-17)24(29,14-26)25(30,31)32/h3-12,33H,13-14H2,1-2H3. The molecule has 35 heavy (non-hydrogen) atoms. The number of halogens is 7. The molecule has 1 aromatic heterocycles.